The molecule has 172 valence electrons. The topological polar surface area (TPSA) is 94.7 Å². The second-order valence-corrected chi connectivity index (χ2v) is 8.36. The number of fused-ring (bicyclic) bond motifs is 1. The number of aromatic nitrogens is 2. The second-order valence-electron chi connectivity index (χ2n) is 8.36. The minimum absolute atomic E-state index is 0.113. The molecule has 0 fully saturated rings. The van der Waals surface area contributed by atoms with Gasteiger partial charge in [-0.05, 0) is 54.3 Å². The maximum atomic E-state index is 11.3. The van der Waals surface area contributed by atoms with Crippen LogP contribution < -0.4 is 10.5 Å². The summed E-state index contributed by atoms with van der Waals surface area (Å²) in [7, 11) is 0. The van der Waals surface area contributed by atoms with Gasteiger partial charge in [0.05, 0.1) is 18.5 Å². The number of nitrogens with two attached hydrogens (primary N) is 1. The summed E-state index contributed by atoms with van der Waals surface area (Å²) in [4.78, 5) is 14.8. The zero-order chi connectivity index (χ0) is 24.2. The molecular weight excluding hydrogens is 428 g/mol. The normalized spacial score (nSPS) is 11.0. The molecule has 4 rings (SSSR count). The Balaban J connectivity index is 1.76. The Labute approximate surface area is 198 Å². The zero-order valence-electron chi connectivity index (χ0n) is 19.2. The number of para-hydroxylation sites is 1. The minimum atomic E-state index is -0.981. The van der Waals surface area contributed by atoms with Crippen LogP contribution in [0.4, 0.5) is 5.69 Å². The summed E-state index contributed by atoms with van der Waals surface area (Å²) in [5.74, 6) is -0.690. The minimum Gasteiger partial charge on any atom is -0.498 e. The van der Waals surface area contributed by atoms with E-state index in [0.29, 0.717) is 17.9 Å². The average Bonchev–Trinajstić information content (AvgIpc) is 3.21. The molecule has 0 unspecified atom stereocenters. The molecule has 0 spiro atoms. The van der Waals surface area contributed by atoms with Crippen LogP contribution in [-0.2, 0) is 24.4 Å². The molecule has 0 bridgehead atoms. The molecule has 34 heavy (non-hydrogen) atoms. The van der Waals surface area contributed by atoms with E-state index in [2.05, 4.69) is 43.0 Å². The molecule has 3 N–H and O–H groups in total. The fourth-order valence-corrected chi connectivity index (χ4v) is 4.03. The van der Waals surface area contributed by atoms with Gasteiger partial charge in [0.25, 0.3) is 0 Å². The molecular formula is C27H26N4O3. The highest BCUT2D eigenvalue weighted by atomic mass is 16.5. The van der Waals surface area contributed by atoms with Crippen LogP contribution in [0.15, 0.2) is 60.7 Å². The van der Waals surface area contributed by atoms with Crippen LogP contribution in [0.3, 0.4) is 0 Å². The van der Waals surface area contributed by atoms with E-state index in [1.807, 2.05) is 22.9 Å². The van der Waals surface area contributed by atoms with Crippen LogP contribution in [0.25, 0.3) is 26.9 Å². The van der Waals surface area contributed by atoms with Gasteiger partial charge in [0.2, 0.25) is 5.69 Å². The summed E-state index contributed by atoms with van der Waals surface area (Å²) in [6.07, 6.45) is -0.221. The van der Waals surface area contributed by atoms with Crippen molar-refractivity contribution in [1.29, 1.82) is 0 Å². The monoisotopic (exact) mass is 454 g/mol. The van der Waals surface area contributed by atoms with Gasteiger partial charge in [0, 0.05) is 18.0 Å². The number of carboxylic acid groups (broad SMARTS) is 1. The third-order valence-electron chi connectivity index (χ3n) is 5.66. The molecule has 0 saturated heterocycles. The van der Waals surface area contributed by atoms with Gasteiger partial charge in [-0.2, -0.15) is 5.10 Å². The summed E-state index contributed by atoms with van der Waals surface area (Å²) in [5, 5.41) is 15.0. The Morgan fingerprint density at radius 3 is 2.62 bits per heavy atom. The maximum Gasteiger partial charge on any atom is 0.307 e. The SMILES string of the molecule is [C-]#[N+]c1cccc(CC(=O)O)c1OCc1nn(C(C)C)c2ccc(-c3cccc(CN)c3)cc12. The van der Waals surface area contributed by atoms with Gasteiger partial charge < -0.3 is 15.6 Å². The molecule has 0 amide bonds. The lowest BCUT2D eigenvalue weighted by Crippen LogP contribution is -2.06. The molecule has 3 aromatic carbocycles. The molecule has 0 saturated carbocycles. The molecule has 0 aliphatic carbocycles. The Hall–Kier alpha value is -4.15. The Morgan fingerprint density at radius 2 is 1.91 bits per heavy atom. The zero-order valence-corrected chi connectivity index (χ0v) is 19.2. The Kier molecular flexibility index (Phi) is 6.62. The van der Waals surface area contributed by atoms with E-state index in [-0.39, 0.29) is 24.8 Å². The maximum absolute atomic E-state index is 11.3. The lowest BCUT2D eigenvalue weighted by molar-refractivity contribution is -0.136. The van der Waals surface area contributed by atoms with Crippen LogP contribution in [-0.4, -0.2) is 20.9 Å². The van der Waals surface area contributed by atoms with Crippen molar-refractivity contribution < 1.29 is 14.6 Å². The number of carboxylic acids is 1. The number of nitrogens with zero attached hydrogens (tertiary/aromatic N) is 3. The average molecular weight is 455 g/mol. The lowest BCUT2D eigenvalue weighted by atomic mass is 10.0. The first kappa shape index (κ1) is 23.0. The van der Waals surface area contributed by atoms with Gasteiger partial charge in [-0.3, -0.25) is 9.48 Å². The van der Waals surface area contributed by atoms with E-state index in [4.69, 9.17) is 22.1 Å². The summed E-state index contributed by atoms with van der Waals surface area (Å²) < 4.78 is 8.01. The van der Waals surface area contributed by atoms with Gasteiger partial charge in [0.15, 0.2) is 0 Å². The fraction of sp³-hybridized carbons (Fsp3) is 0.222. The number of aliphatic carboxylic acids is 1. The van der Waals surface area contributed by atoms with Gasteiger partial charge in [-0.25, -0.2) is 4.85 Å². The number of rotatable bonds is 8. The van der Waals surface area contributed by atoms with E-state index in [1.54, 1.807) is 18.2 Å². The quantitative estimate of drug-likeness (QED) is 0.343. The highest BCUT2D eigenvalue weighted by molar-refractivity contribution is 5.87. The molecule has 7 nitrogen and oxygen atoms in total. The molecule has 0 radical (unpaired) electrons. The van der Waals surface area contributed by atoms with Gasteiger partial charge >= 0.3 is 5.97 Å². The number of ether oxygens (including phenoxy) is 1. The molecule has 0 atom stereocenters. The predicted octanol–water partition coefficient (Wildman–Crippen LogP) is 5.50. The largest absolute Gasteiger partial charge is 0.498 e. The van der Waals surface area contributed by atoms with Gasteiger partial charge in [-0.15, -0.1) is 0 Å². The highest BCUT2D eigenvalue weighted by Gasteiger charge is 2.17. The molecule has 4 aromatic rings. The molecule has 0 aliphatic rings. The lowest BCUT2D eigenvalue weighted by Gasteiger charge is -2.12. The van der Waals surface area contributed by atoms with Crippen molar-refractivity contribution in [2.24, 2.45) is 5.73 Å². The summed E-state index contributed by atoms with van der Waals surface area (Å²) in [6, 6.07) is 19.4. The van der Waals surface area contributed by atoms with Crippen molar-refractivity contribution in [1.82, 2.24) is 9.78 Å². The van der Waals surface area contributed by atoms with E-state index < -0.39 is 5.97 Å². The van der Waals surface area contributed by atoms with Crippen LogP contribution in [0, 0.1) is 6.57 Å². The van der Waals surface area contributed by atoms with Crippen molar-refractivity contribution in [3.8, 4) is 16.9 Å². The first-order valence-electron chi connectivity index (χ1n) is 11.1. The van der Waals surface area contributed by atoms with Crippen LogP contribution in [0.1, 0.15) is 36.7 Å². The number of hydrogen-bond donors (Lipinski definition) is 2. The number of benzene rings is 3. The molecule has 0 aliphatic heterocycles. The van der Waals surface area contributed by atoms with E-state index in [9.17, 15) is 9.90 Å². The van der Waals surface area contributed by atoms with Crippen molar-refractivity contribution >= 4 is 22.6 Å². The Bertz CT molecular complexity index is 1400. The first-order chi connectivity index (χ1) is 16.4. The number of carbonyl (C=O) groups is 1. The molecule has 1 heterocycles. The van der Waals surface area contributed by atoms with Crippen LogP contribution in [0.5, 0.6) is 5.75 Å². The van der Waals surface area contributed by atoms with E-state index in [0.717, 1.165) is 33.3 Å². The van der Waals surface area contributed by atoms with E-state index >= 15 is 0 Å². The third-order valence-corrected chi connectivity index (χ3v) is 5.66. The summed E-state index contributed by atoms with van der Waals surface area (Å²) >= 11 is 0. The number of hydrogen-bond acceptors (Lipinski definition) is 4. The van der Waals surface area contributed by atoms with Crippen molar-refractivity contribution in [2.75, 3.05) is 0 Å². The Morgan fingerprint density at radius 1 is 1.15 bits per heavy atom. The van der Waals surface area contributed by atoms with E-state index in [1.165, 1.54) is 0 Å². The van der Waals surface area contributed by atoms with Gasteiger partial charge in [0.1, 0.15) is 18.1 Å². The molecule has 7 heteroatoms. The van der Waals surface area contributed by atoms with Crippen molar-refractivity contribution in [3.63, 3.8) is 0 Å². The van der Waals surface area contributed by atoms with Crippen LogP contribution in [0.2, 0.25) is 0 Å². The van der Waals surface area contributed by atoms with Crippen LogP contribution >= 0.6 is 0 Å². The second kappa shape index (κ2) is 9.77. The standard InChI is InChI=1S/C27H26N4O3/c1-17(2)31-25-11-10-20(19-7-4-6-18(12-19)15-28)13-22(25)24(30-31)16-34-27-21(14-26(32)33)8-5-9-23(27)29-3/h4-13,17H,14-16,28H2,1-2H3,(H,32,33). The van der Waals surface area contributed by atoms with Gasteiger partial charge in [-0.1, -0.05) is 42.5 Å². The first-order valence-corrected chi connectivity index (χ1v) is 11.1. The fourth-order valence-electron chi connectivity index (χ4n) is 4.03. The van der Waals surface area contributed by atoms with Crippen molar-refractivity contribution in [2.45, 2.75) is 39.5 Å². The summed E-state index contributed by atoms with van der Waals surface area (Å²) in [5.41, 5.74) is 11.4. The molecule has 1 aromatic heterocycles. The predicted molar refractivity (Wildman–Crippen MR) is 132 cm³/mol. The highest BCUT2D eigenvalue weighted by Crippen LogP contribution is 2.34. The summed E-state index contributed by atoms with van der Waals surface area (Å²) in [6.45, 7) is 12.2. The van der Waals surface area contributed by atoms with Crippen molar-refractivity contribution in [3.05, 3.63) is 88.9 Å². The smallest absolute Gasteiger partial charge is 0.307 e. The third kappa shape index (κ3) is 4.63.